The first-order chi connectivity index (χ1) is 15.0. The van der Waals surface area contributed by atoms with E-state index < -0.39 is 11.6 Å². The number of carbonyl (C=O) groups excluding carboxylic acids is 2. The van der Waals surface area contributed by atoms with Crippen molar-refractivity contribution < 1.29 is 9.59 Å². The van der Waals surface area contributed by atoms with Gasteiger partial charge in [-0.15, -0.1) is 11.8 Å². The fourth-order valence-electron chi connectivity index (χ4n) is 3.18. The highest BCUT2D eigenvalue weighted by molar-refractivity contribution is 7.99. The molecule has 0 saturated carbocycles. The topological polar surface area (TPSA) is 49.4 Å². The van der Waals surface area contributed by atoms with Crippen LogP contribution in [0.4, 0.5) is 0 Å². The minimum atomic E-state index is -0.609. The van der Waals surface area contributed by atoms with E-state index in [9.17, 15) is 9.59 Å². The highest BCUT2D eigenvalue weighted by Gasteiger charge is 2.30. The monoisotopic (exact) mass is 514 g/mol. The molecule has 0 unspecified atom stereocenters. The Hall–Kier alpha value is -1.40. The molecule has 2 aromatic carbocycles. The van der Waals surface area contributed by atoms with E-state index in [1.807, 2.05) is 45.9 Å². The lowest BCUT2D eigenvalue weighted by Gasteiger charge is -2.33. The molecule has 4 nitrogen and oxygen atoms in total. The van der Waals surface area contributed by atoms with Crippen LogP contribution >= 0.6 is 46.6 Å². The average Bonchev–Trinajstić information content (AvgIpc) is 2.70. The maximum absolute atomic E-state index is 13.3. The summed E-state index contributed by atoms with van der Waals surface area (Å²) in [6.07, 6.45) is 0.485. The van der Waals surface area contributed by atoms with Crippen LogP contribution < -0.4 is 5.32 Å². The van der Waals surface area contributed by atoms with Crippen molar-refractivity contribution in [2.45, 2.75) is 58.0 Å². The molecule has 2 amide bonds. The van der Waals surface area contributed by atoms with Gasteiger partial charge in [-0.1, -0.05) is 66.0 Å². The maximum Gasteiger partial charge on any atom is 0.243 e. The number of hydrogen-bond donors (Lipinski definition) is 1. The number of benzene rings is 2. The molecule has 8 heteroatoms. The molecular weight excluding hydrogens is 487 g/mol. The molecule has 1 N–H and O–H groups in total. The van der Waals surface area contributed by atoms with Crippen LogP contribution in [0.15, 0.2) is 42.5 Å². The fraction of sp³-hybridized carbons (Fsp3) is 0.417. The van der Waals surface area contributed by atoms with Crippen molar-refractivity contribution in [1.82, 2.24) is 10.2 Å². The van der Waals surface area contributed by atoms with Gasteiger partial charge in [0, 0.05) is 32.9 Å². The second-order valence-electron chi connectivity index (χ2n) is 8.47. The Bertz CT molecular complexity index is 927. The van der Waals surface area contributed by atoms with E-state index in [2.05, 4.69) is 5.32 Å². The predicted molar refractivity (Wildman–Crippen MR) is 137 cm³/mol. The highest BCUT2D eigenvalue weighted by atomic mass is 35.5. The summed E-state index contributed by atoms with van der Waals surface area (Å²) in [5.41, 5.74) is 1.19. The van der Waals surface area contributed by atoms with Gasteiger partial charge in [-0.05, 0) is 56.5 Å². The van der Waals surface area contributed by atoms with Crippen molar-refractivity contribution in [3.05, 3.63) is 68.7 Å². The Morgan fingerprint density at radius 1 is 1.00 bits per heavy atom. The second-order valence-corrected chi connectivity index (χ2v) is 10.7. The van der Waals surface area contributed by atoms with E-state index in [1.54, 1.807) is 29.2 Å². The van der Waals surface area contributed by atoms with E-state index in [1.165, 1.54) is 11.8 Å². The number of rotatable bonds is 9. The maximum atomic E-state index is 13.3. The molecule has 32 heavy (non-hydrogen) atoms. The number of hydrogen-bond acceptors (Lipinski definition) is 3. The molecule has 0 heterocycles. The van der Waals surface area contributed by atoms with E-state index in [4.69, 9.17) is 34.8 Å². The number of carbonyl (C=O) groups is 2. The zero-order valence-electron chi connectivity index (χ0n) is 18.8. The quantitative estimate of drug-likeness (QED) is 0.409. The Morgan fingerprint density at radius 2 is 1.59 bits per heavy atom. The summed E-state index contributed by atoms with van der Waals surface area (Å²) >= 11 is 20.3. The second kappa shape index (κ2) is 12.2. The van der Waals surface area contributed by atoms with E-state index in [0.29, 0.717) is 27.2 Å². The van der Waals surface area contributed by atoms with Gasteiger partial charge in [0.2, 0.25) is 11.8 Å². The van der Waals surface area contributed by atoms with Crippen molar-refractivity contribution in [3.63, 3.8) is 0 Å². The van der Waals surface area contributed by atoms with E-state index in [0.717, 1.165) is 11.1 Å². The summed E-state index contributed by atoms with van der Waals surface area (Å²) in [5.74, 6) is 0.356. The number of nitrogens with zero attached hydrogens (tertiary/aromatic N) is 1. The molecule has 0 aliphatic heterocycles. The number of thioether (sulfide) groups is 1. The third-order valence-corrected chi connectivity index (χ3v) is 6.74. The first kappa shape index (κ1) is 26.8. The van der Waals surface area contributed by atoms with Gasteiger partial charge in [0.15, 0.2) is 0 Å². The van der Waals surface area contributed by atoms with Gasteiger partial charge in [-0.2, -0.15) is 0 Å². The van der Waals surface area contributed by atoms with Gasteiger partial charge in [0.1, 0.15) is 6.04 Å². The molecule has 2 aromatic rings. The Balaban J connectivity index is 2.21. The zero-order valence-corrected chi connectivity index (χ0v) is 21.8. The van der Waals surface area contributed by atoms with Crippen molar-refractivity contribution in [2.75, 3.05) is 5.75 Å². The smallest absolute Gasteiger partial charge is 0.243 e. The van der Waals surface area contributed by atoms with Crippen molar-refractivity contribution in [2.24, 2.45) is 0 Å². The lowest BCUT2D eigenvalue weighted by Crippen LogP contribution is -2.53. The molecule has 0 aliphatic rings. The molecular formula is C24H29Cl3N2O2S. The first-order valence-electron chi connectivity index (χ1n) is 10.4. The van der Waals surface area contributed by atoms with Crippen LogP contribution in [0.25, 0.3) is 0 Å². The Labute approximate surface area is 210 Å². The van der Waals surface area contributed by atoms with Crippen molar-refractivity contribution in [1.29, 1.82) is 0 Å². The lowest BCUT2D eigenvalue weighted by atomic mass is 10.1. The number of halogens is 3. The van der Waals surface area contributed by atoms with Crippen LogP contribution in [0, 0.1) is 0 Å². The summed E-state index contributed by atoms with van der Waals surface area (Å²) < 4.78 is 0. The van der Waals surface area contributed by atoms with E-state index >= 15 is 0 Å². The molecule has 2 rings (SSSR count). The average molecular weight is 516 g/mol. The van der Waals surface area contributed by atoms with Crippen molar-refractivity contribution >= 4 is 58.4 Å². The third-order valence-electron chi connectivity index (χ3n) is 4.72. The lowest BCUT2D eigenvalue weighted by molar-refractivity contribution is -0.140. The van der Waals surface area contributed by atoms with Crippen LogP contribution in [0.1, 0.15) is 45.2 Å². The molecule has 174 valence electrons. The van der Waals surface area contributed by atoms with Crippen LogP contribution in [0.3, 0.4) is 0 Å². The van der Waals surface area contributed by atoms with Gasteiger partial charge < -0.3 is 10.2 Å². The summed E-state index contributed by atoms with van der Waals surface area (Å²) in [5, 5.41) is 4.70. The first-order valence-corrected chi connectivity index (χ1v) is 12.7. The molecule has 0 radical (unpaired) electrons. The Morgan fingerprint density at radius 3 is 2.16 bits per heavy atom. The van der Waals surface area contributed by atoms with Gasteiger partial charge in [0.25, 0.3) is 0 Å². The number of nitrogens with one attached hydrogen (secondary N) is 1. The number of amides is 2. The fourth-order valence-corrected chi connectivity index (χ4v) is 5.02. The van der Waals surface area contributed by atoms with Gasteiger partial charge in [-0.25, -0.2) is 0 Å². The van der Waals surface area contributed by atoms with Gasteiger partial charge in [0.05, 0.1) is 5.75 Å². The van der Waals surface area contributed by atoms with E-state index in [-0.39, 0.29) is 24.1 Å². The molecule has 0 spiro atoms. The predicted octanol–water partition coefficient (Wildman–Crippen LogP) is 6.60. The summed E-state index contributed by atoms with van der Waals surface area (Å²) in [4.78, 5) is 27.9. The molecule has 0 fully saturated rings. The Kier molecular flexibility index (Phi) is 10.2. The molecule has 0 bridgehead atoms. The highest BCUT2D eigenvalue weighted by Crippen LogP contribution is 2.29. The zero-order chi connectivity index (χ0) is 23.9. The largest absolute Gasteiger partial charge is 0.350 e. The standard InChI is InChI=1S/C24H29Cl3N2O2S/c1-5-21(23(31)28-24(2,3)4)29(13-16-9-6-7-10-18(16)25)22(30)15-32-14-17-19(26)11-8-12-20(17)27/h6-12,21H,5,13-15H2,1-4H3,(H,28,31)/t21-/m0/s1. The summed E-state index contributed by atoms with van der Waals surface area (Å²) in [6.45, 7) is 7.90. The normalized spacial score (nSPS) is 12.3. The van der Waals surface area contributed by atoms with Crippen LogP contribution in [0.2, 0.25) is 15.1 Å². The van der Waals surface area contributed by atoms with Crippen LogP contribution in [-0.2, 0) is 21.9 Å². The summed E-state index contributed by atoms with van der Waals surface area (Å²) in [7, 11) is 0. The van der Waals surface area contributed by atoms with Gasteiger partial charge >= 0.3 is 0 Å². The molecule has 0 aromatic heterocycles. The minimum Gasteiger partial charge on any atom is -0.350 e. The minimum absolute atomic E-state index is 0.144. The molecule has 0 saturated heterocycles. The molecule has 1 atom stereocenters. The third kappa shape index (κ3) is 7.87. The van der Waals surface area contributed by atoms with Crippen molar-refractivity contribution in [3.8, 4) is 0 Å². The SMILES string of the molecule is CC[C@@H](C(=O)NC(C)(C)C)N(Cc1ccccc1Cl)C(=O)CSCc1c(Cl)cccc1Cl. The van der Waals surface area contributed by atoms with Crippen LogP contribution in [0.5, 0.6) is 0 Å². The van der Waals surface area contributed by atoms with Gasteiger partial charge in [-0.3, -0.25) is 9.59 Å². The molecule has 0 aliphatic carbocycles. The van der Waals surface area contributed by atoms with Crippen LogP contribution in [-0.4, -0.2) is 34.0 Å². The summed E-state index contributed by atoms with van der Waals surface area (Å²) in [6, 6.07) is 12.1.